The summed E-state index contributed by atoms with van der Waals surface area (Å²) in [4.78, 5) is 19.9. The van der Waals surface area contributed by atoms with Crippen LogP contribution in [0.4, 0.5) is 5.82 Å². The Balaban J connectivity index is 2.17. The maximum absolute atomic E-state index is 11.5. The van der Waals surface area contributed by atoms with E-state index in [-0.39, 0.29) is 11.2 Å². The number of hydrogen-bond donors (Lipinski definition) is 1. The molecule has 0 radical (unpaired) electrons. The van der Waals surface area contributed by atoms with Crippen molar-refractivity contribution >= 4 is 17.6 Å². The van der Waals surface area contributed by atoms with E-state index in [0.29, 0.717) is 24.6 Å². The molecule has 0 aromatic carbocycles. The molecule has 2 aromatic heterocycles. The van der Waals surface area contributed by atoms with Crippen molar-refractivity contribution in [2.24, 2.45) is 5.41 Å². The molecule has 1 N–H and O–H groups in total. The van der Waals surface area contributed by atoms with E-state index in [0.717, 1.165) is 5.69 Å². The minimum atomic E-state index is -0.588. The van der Waals surface area contributed by atoms with Crippen molar-refractivity contribution in [2.75, 3.05) is 19.0 Å². The van der Waals surface area contributed by atoms with Crippen LogP contribution in [0.5, 0.6) is 0 Å². The summed E-state index contributed by atoms with van der Waals surface area (Å²) in [5.41, 5.74) is 0.784. The number of ether oxygens (including phenoxy) is 1. The lowest BCUT2D eigenvalue weighted by atomic mass is 9.98. The number of carbonyl (C=O) groups excluding carboxylic acids is 1. The quantitative estimate of drug-likeness (QED) is 0.528. The largest absolute Gasteiger partial charge is 0.463 e. The van der Waals surface area contributed by atoms with E-state index in [2.05, 4.69) is 57.7 Å². The Kier molecular flexibility index (Phi) is 4.84. The average molecular weight is 315 g/mol. The van der Waals surface area contributed by atoms with Gasteiger partial charge in [-0.25, -0.2) is 9.78 Å². The van der Waals surface area contributed by atoms with Gasteiger partial charge in [-0.05, 0) is 27.7 Å². The molecule has 7 heteroatoms. The normalized spacial score (nSPS) is 11.0. The van der Waals surface area contributed by atoms with Crippen molar-refractivity contribution in [1.82, 2.24) is 19.6 Å². The van der Waals surface area contributed by atoms with E-state index >= 15 is 0 Å². The lowest BCUT2D eigenvalue weighted by Crippen LogP contribution is -2.09. The summed E-state index contributed by atoms with van der Waals surface area (Å²) in [7, 11) is 1.29. The van der Waals surface area contributed by atoms with Gasteiger partial charge in [0.05, 0.1) is 7.11 Å². The molecule has 23 heavy (non-hydrogen) atoms. The van der Waals surface area contributed by atoms with Gasteiger partial charge in [-0.15, -0.1) is 11.0 Å². The Morgan fingerprint density at radius 2 is 2.13 bits per heavy atom. The average Bonchev–Trinajstić information content (AvgIpc) is 2.88. The number of aromatic nitrogens is 4. The number of hydrogen-bond acceptors (Lipinski definition) is 6. The van der Waals surface area contributed by atoms with Crippen LogP contribution in [0.25, 0.3) is 5.78 Å². The number of nitrogens with one attached hydrogen (secondary N) is 1. The van der Waals surface area contributed by atoms with Gasteiger partial charge >= 0.3 is 5.97 Å². The van der Waals surface area contributed by atoms with Gasteiger partial charge in [-0.1, -0.05) is 5.92 Å². The van der Waals surface area contributed by atoms with Crippen LogP contribution in [0.1, 0.15) is 43.5 Å². The number of nitrogens with zero attached hydrogens (tertiary/aromatic N) is 4. The zero-order valence-electron chi connectivity index (χ0n) is 14.1. The summed E-state index contributed by atoms with van der Waals surface area (Å²) in [6, 6.07) is 1.85. The first-order chi connectivity index (χ1) is 10.8. The smallest absolute Gasteiger partial charge is 0.378 e. The molecule has 0 amide bonds. The van der Waals surface area contributed by atoms with E-state index in [4.69, 9.17) is 0 Å². The van der Waals surface area contributed by atoms with E-state index in [1.807, 2.05) is 13.0 Å². The fourth-order valence-electron chi connectivity index (χ4n) is 1.87. The first kappa shape index (κ1) is 16.7. The lowest BCUT2D eigenvalue weighted by Gasteiger charge is -2.08. The van der Waals surface area contributed by atoms with Gasteiger partial charge in [-0.3, -0.25) is 0 Å². The second-order valence-corrected chi connectivity index (χ2v) is 6.15. The van der Waals surface area contributed by atoms with Crippen molar-refractivity contribution in [3.63, 3.8) is 0 Å². The zero-order valence-corrected chi connectivity index (χ0v) is 14.1. The Morgan fingerprint density at radius 1 is 1.39 bits per heavy atom. The molecule has 7 nitrogen and oxygen atoms in total. The molecule has 0 atom stereocenters. The Labute approximate surface area is 135 Å². The highest BCUT2D eigenvalue weighted by Gasteiger charge is 2.16. The van der Waals surface area contributed by atoms with Gasteiger partial charge in [0.2, 0.25) is 0 Å². The number of anilines is 1. The summed E-state index contributed by atoms with van der Waals surface area (Å²) in [6.45, 7) is 8.75. The van der Waals surface area contributed by atoms with Crippen LogP contribution in [0.15, 0.2) is 6.07 Å². The molecule has 2 aromatic rings. The van der Waals surface area contributed by atoms with Crippen molar-refractivity contribution in [2.45, 2.75) is 34.1 Å². The van der Waals surface area contributed by atoms with Crippen molar-refractivity contribution in [3.05, 3.63) is 17.6 Å². The van der Waals surface area contributed by atoms with Crippen LogP contribution in [0.3, 0.4) is 0 Å². The Morgan fingerprint density at radius 3 is 2.78 bits per heavy atom. The highest BCUT2D eigenvalue weighted by Crippen LogP contribution is 2.12. The van der Waals surface area contributed by atoms with Gasteiger partial charge in [0.1, 0.15) is 5.82 Å². The molecule has 0 fully saturated rings. The summed E-state index contributed by atoms with van der Waals surface area (Å²) in [5, 5.41) is 7.38. The molecule has 0 aliphatic heterocycles. The number of rotatable bonds is 4. The molecule has 0 aliphatic carbocycles. The fraction of sp³-hybridized carbons (Fsp3) is 0.500. The standard InChI is InChI=1S/C16H21N5O2/c1-11-10-12(17-9-7-6-8-16(2,3)4)21-15(18-11)19-13(20-21)14(22)23-5/h10,17H,7,9H2,1-5H3. The van der Waals surface area contributed by atoms with E-state index in [9.17, 15) is 4.79 Å². The monoisotopic (exact) mass is 315 g/mol. The third kappa shape index (κ3) is 4.42. The Hall–Kier alpha value is -2.62. The lowest BCUT2D eigenvalue weighted by molar-refractivity contribution is 0.0587. The van der Waals surface area contributed by atoms with E-state index < -0.39 is 5.97 Å². The number of methoxy groups -OCH3 is 1. The highest BCUT2D eigenvalue weighted by molar-refractivity contribution is 5.85. The molecule has 0 saturated carbocycles. The first-order valence-corrected chi connectivity index (χ1v) is 7.37. The second-order valence-electron chi connectivity index (χ2n) is 6.15. The summed E-state index contributed by atoms with van der Waals surface area (Å²) < 4.78 is 6.13. The number of aryl methyl sites for hydroxylation is 1. The minimum Gasteiger partial charge on any atom is -0.463 e. The van der Waals surface area contributed by atoms with Gasteiger partial charge in [-0.2, -0.15) is 9.50 Å². The maximum Gasteiger partial charge on any atom is 0.378 e. The van der Waals surface area contributed by atoms with E-state index in [1.54, 1.807) is 0 Å². The van der Waals surface area contributed by atoms with Crippen molar-refractivity contribution < 1.29 is 9.53 Å². The second kappa shape index (κ2) is 6.65. The zero-order chi connectivity index (χ0) is 17.0. The van der Waals surface area contributed by atoms with Gasteiger partial charge < -0.3 is 10.1 Å². The molecule has 122 valence electrons. The molecule has 0 aliphatic rings. The van der Waals surface area contributed by atoms with Crippen molar-refractivity contribution in [3.8, 4) is 11.8 Å². The summed E-state index contributed by atoms with van der Waals surface area (Å²) in [6.07, 6.45) is 0.707. The van der Waals surface area contributed by atoms with Crippen molar-refractivity contribution in [1.29, 1.82) is 0 Å². The molecular formula is C16H21N5O2. The number of esters is 1. The predicted octanol–water partition coefficient (Wildman–Crippen LogP) is 2.07. The molecule has 0 bridgehead atoms. The molecule has 0 saturated heterocycles. The summed E-state index contributed by atoms with van der Waals surface area (Å²) in [5.74, 6) is 6.80. The highest BCUT2D eigenvalue weighted by atomic mass is 16.5. The molecule has 0 unspecified atom stereocenters. The number of fused-ring (bicyclic) bond motifs is 1. The first-order valence-electron chi connectivity index (χ1n) is 7.37. The Bertz CT molecular complexity index is 777. The van der Waals surface area contributed by atoms with Gasteiger partial charge in [0, 0.05) is 30.1 Å². The van der Waals surface area contributed by atoms with Crippen LogP contribution in [0.2, 0.25) is 0 Å². The maximum atomic E-state index is 11.5. The van der Waals surface area contributed by atoms with Crippen LogP contribution in [-0.4, -0.2) is 39.2 Å². The SMILES string of the molecule is COC(=O)c1nc2nc(C)cc(NCCC#CC(C)(C)C)n2n1. The molecule has 2 rings (SSSR count). The van der Waals surface area contributed by atoms with E-state index in [1.165, 1.54) is 11.6 Å². The van der Waals surface area contributed by atoms with Crippen LogP contribution in [0, 0.1) is 24.2 Å². The molecule has 2 heterocycles. The van der Waals surface area contributed by atoms with Gasteiger partial charge in [0.25, 0.3) is 11.6 Å². The minimum absolute atomic E-state index is 0.00183. The third-order valence-electron chi connectivity index (χ3n) is 2.83. The third-order valence-corrected chi connectivity index (χ3v) is 2.83. The van der Waals surface area contributed by atoms with Crippen LogP contribution >= 0.6 is 0 Å². The van der Waals surface area contributed by atoms with Crippen LogP contribution < -0.4 is 5.32 Å². The topological polar surface area (TPSA) is 81.4 Å². The molecular weight excluding hydrogens is 294 g/mol. The van der Waals surface area contributed by atoms with Gasteiger partial charge in [0.15, 0.2) is 0 Å². The molecule has 0 spiro atoms. The predicted molar refractivity (Wildman–Crippen MR) is 87.2 cm³/mol. The summed E-state index contributed by atoms with van der Waals surface area (Å²) >= 11 is 0. The van der Waals surface area contributed by atoms with Crippen LogP contribution in [-0.2, 0) is 4.74 Å². The fourth-order valence-corrected chi connectivity index (χ4v) is 1.87. The number of carbonyl (C=O) groups is 1.